The fourth-order valence-electron chi connectivity index (χ4n) is 1.97. The van der Waals surface area contributed by atoms with Gasteiger partial charge in [0.25, 0.3) is 0 Å². The zero-order valence-electron chi connectivity index (χ0n) is 11.7. The molecule has 0 bridgehead atoms. The Morgan fingerprint density at radius 3 is 2.48 bits per heavy atom. The Bertz CT molecular complexity index is 737. The molecule has 0 radical (unpaired) electrons. The average Bonchev–Trinajstić information content (AvgIpc) is 2.51. The van der Waals surface area contributed by atoms with Crippen LogP contribution in [0.5, 0.6) is 11.6 Å². The molecule has 2 aromatic heterocycles. The fraction of sp³-hybridized carbons (Fsp3) is 0.0588. The van der Waals surface area contributed by atoms with Gasteiger partial charge in [0.2, 0.25) is 5.88 Å². The van der Waals surface area contributed by atoms with Crippen LogP contribution in [0.15, 0.2) is 60.9 Å². The van der Waals surface area contributed by atoms with Crippen molar-refractivity contribution in [1.82, 2.24) is 9.97 Å². The Balaban J connectivity index is 1.96. The Morgan fingerprint density at radius 1 is 0.952 bits per heavy atom. The third kappa shape index (κ3) is 3.00. The molecule has 1 aromatic carbocycles. The molecule has 0 saturated carbocycles. The first kappa shape index (κ1) is 13.1. The second kappa shape index (κ2) is 5.63. The minimum atomic E-state index is 0.549. The lowest BCUT2D eigenvalue weighted by molar-refractivity contribution is 0.465. The average molecular weight is 277 g/mol. The van der Waals surface area contributed by atoms with Gasteiger partial charge in [-0.1, -0.05) is 6.07 Å². The van der Waals surface area contributed by atoms with E-state index in [-0.39, 0.29) is 0 Å². The highest BCUT2D eigenvalue weighted by Gasteiger charge is 2.08. The van der Waals surface area contributed by atoms with Crippen LogP contribution in [0, 0.1) is 6.92 Å². The van der Waals surface area contributed by atoms with Gasteiger partial charge in [-0.05, 0) is 49.4 Å². The summed E-state index contributed by atoms with van der Waals surface area (Å²) >= 11 is 0. The van der Waals surface area contributed by atoms with Gasteiger partial charge in [0.1, 0.15) is 5.75 Å². The molecule has 0 saturated heterocycles. The van der Waals surface area contributed by atoms with Gasteiger partial charge in [-0.2, -0.15) is 0 Å². The molecule has 2 heterocycles. The van der Waals surface area contributed by atoms with E-state index in [1.165, 1.54) is 0 Å². The highest BCUT2D eigenvalue weighted by Crippen LogP contribution is 2.31. The normalized spacial score (nSPS) is 10.3. The molecule has 3 rings (SSSR count). The Kier molecular flexibility index (Phi) is 3.51. The van der Waals surface area contributed by atoms with E-state index in [9.17, 15) is 0 Å². The molecule has 2 N–H and O–H groups in total. The van der Waals surface area contributed by atoms with Crippen LogP contribution in [-0.4, -0.2) is 9.97 Å². The quantitative estimate of drug-likeness (QED) is 0.739. The maximum Gasteiger partial charge on any atom is 0.227 e. The summed E-state index contributed by atoms with van der Waals surface area (Å²) in [6.45, 7) is 1.96. The van der Waals surface area contributed by atoms with Crippen molar-refractivity contribution in [2.24, 2.45) is 0 Å². The number of ether oxygens (including phenoxy) is 1. The Morgan fingerprint density at radius 2 is 1.76 bits per heavy atom. The molecule has 0 spiro atoms. The van der Waals surface area contributed by atoms with Crippen molar-refractivity contribution < 1.29 is 4.74 Å². The van der Waals surface area contributed by atoms with Crippen molar-refractivity contribution in [3.63, 3.8) is 0 Å². The summed E-state index contributed by atoms with van der Waals surface area (Å²) in [7, 11) is 0. The van der Waals surface area contributed by atoms with Gasteiger partial charge in [0.15, 0.2) is 0 Å². The highest BCUT2D eigenvalue weighted by molar-refractivity contribution is 5.68. The fourth-order valence-corrected chi connectivity index (χ4v) is 1.97. The number of nitrogens with zero attached hydrogens (tertiary/aromatic N) is 2. The van der Waals surface area contributed by atoms with Crippen molar-refractivity contribution in [2.75, 3.05) is 5.73 Å². The van der Waals surface area contributed by atoms with Crippen LogP contribution in [0.25, 0.3) is 11.1 Å². The van der Waals surface area contributed by atoms with Crippen molar-refractivity contribution in [3.05, 3.63) is 66.6 Å². The number of nitrogens with two attached hydrogens (primary N) is 1. The van der Waals surface area contributed by atoms with E-state index in [0.717, 1.165) is 16.8 Å². The highest BCUT2D eigenvalue weighted by atomic mass is 16.5. The number of hydrogen-bond donors (Lipinski definition) is 1. The lowest BCUT2D eigenvalue weighted by Crippen LogP contribution is -1.92. The largest absolute Gasteiger partial charge is 0.438 e. The Hall–Kier alpha value is -2.88. The summed E-state index contributed by atoms with van der Waals surface area (Å²) in [5, 5.41) is 0. The molecule has 4 heteroatoms. The van der Waals surface area contributed by atoms with E-state index < -0.39 is 0 Å². The molecule has 0 fully saturated rings. The molecule has 3 aromatic rings. The van der Waals surface area contributed by atoms with E-state index in [1.807, 2.05) is 49.5 Å². The molecule has 0 aliphatic heterocycles. The lowest BCUT2D eigenvalue weighted by Gasteiger charge is -2.10. The number of aromatic nitrogens is 2. The zero-order valence-corrected chi connectivity index (χ0v) is 11.7. The molecular formula is C17H15N3O. The number of nitrogen functional groups attached to an aromatic ring is 1. The smallest absolute Gasteiger partial charge is 0.227 e. The van der Waals surface area contributed by atoms with Gasteiger partial charge in [0.05, 0.1) is 0 Å². The van der Waals surface area contributed by atoms with Gasteiger partial charge in [-0.25, -0.2) is 4.98 Å². The van der Waals surface area contributed by atoms with Crippen LogP contribution in [0.1, 0.15) is 5.69 Å². The van der Waals surface area contributed by atoms with Gasteiger partial charge < -0.3 is 10.5 Å². The number of pyridine rings is 2. The van der Waals surface area contributed by atoms with Gasteiger partial charge in [-0.15, -0.1) is 0 Å². The van der Waals surface area contributed by atoms with Crippen molar-refractivity contribution in [3.8, 4) is 22.8 Å². The predicted octanol–water partition coefficient (Wildman–Crippen LogP) is 3.83. The second-order valence-electron chi connectivity index (χ2n) is 4.72. The van der Waals surface area contributed by atoms with Crippen LogP contribution in [-0.2, 0) is 0 Å². The first-order valence-corrected chi connectivity index (χ1v) is 6.64. The predicted molar refractivity (Wildman–Crippen MR) is 83.1 cm³/mol. The standard InChI is InChI=1S/C17H15N3O/c1-12-4-5-13(11-20-12)16-3-2-10-19-17(16)21-15-8-6-14(18)7-9-15/h2-11H,18H2,1H3. The molecule has 0 aliphatic carbocycles. The first-order chi connectivity index (χ1) is 10.2. The number of rotatable bonds is 3. The summed E-state index contributed by atoms with van der Waals surface area (Å²) in [5.41, 5.74) is 9.23. The van der Waals surface area contributed by atoms with Gasteiger partial charge in [0, 0.05) is 34.9 Å². The molecule has 0 unspecified atom stereocenters. The molecule has 0 atom stereocenters. The van der Waals surface area contributed by atoms with Crippen molar-refractivity contribution in [1.29, 1.82) is 0 Å². The molecule has 0 aliphatic rings. The topological polar surface area (TPSA) is 61.0 Å². The van der Waals surface area contributed by atoms with Gasteiger partial charge in [-0.3, -0.25) is 4.98 Å². The van der Waals surface area contributed by atoms with Crippen LogP contribution >= 0.6 is 0 Å². The van der Waals surface area contributed by atoms with E-state index >= 15 is 0 Å². The number of aryl methyl sites for hydroxylation is 1. The van der Waals surface area contributed by atoms with Gasteiger partial charge >= 0.3 is 0 Å². The van der Waals surface area contributed by atoms with Crippen LogP contribution in [0.2, 0.25) is 0 Å². The maximum absolute atomic E-state index is 5.85. The van der Waals surface area contributed by atoms with E-state index in [1.54, 1.807) is 18.3 Å². The van der Waals surface area contributed by atoms with Crippen LogP contribution in [0.3, 0.4) is 0 Å². The molecule has 21 heavy (non-hydrogen) atoms. The van der Waals surface area contributed by atoms with Crippen molar-refractivity contribution >= 4 is 5.69 Å². The van der Waals surface area contributed by atoms with Crippen LogP contribution < -0.4 is 10.5 Å². The number of benzene rings is 1. The SMILES string of the molecule is Cc1ccc(-c2cccnc2Oc2ccc(N)cc2)cn1. The number of hydrogen-bond acceptors (Lipinski definition) is 4. The third-order valence-corrected chi connectivity index (χ3v) is 3.09. The molecule has 4 nitrogen and oxygen atoms in total. The van der Waals surface area contributed by atoms with E-state index in [2.05, 4.69) is 9.97 Å². The second-order valence-corrected chi connectivity index (χ2v) is 4.72. The summed E-state index contributed by atoms with van der Waals surface area (Å²) in [6.07, 6.45) is 3.53. The summed E-state index contributed by atoms with van der Waals surface area (Å²) in [6, 6.07) is 15.1. The van der Waals surface area contributed by atoms with E-state index in [0.29, 0.717) is 17.3 Å². The molecule has 0 amide bonds. The number of anilines is 1. The Labute approximate surface area is 123 Å². The maximum atomic E-state index is 5.85. The van der Waals surface area contributed by atoms with Crippen molar-refractivity contribution in [2.45, 2.75) is 6.92 Å². The minimum absolute atomic E-state index is 0.549. The zero-order chi connectivity index (χ0) is 14.7. The summed E-state index contributed by atoms with van der Waals surface area (Å²) in [4.78, 5) is 8.63. The molecule has 104 valence electrons. The third-order valence-electron chi connectivity index (χ3n) is 3.09. The monoisotopic (exact) mass is 277 g/mol. The minimum Gasteiger partial charge on any atom is -0.438 e. The summed E-state index contributed by atoms with van der Waals surface area (Å²) < 4.78 is 5.85. The summed E-state index contributed by atoms with van der Waals surface area (Å²) in [5.74, 6) is 1.25. The van der Waals surface area contributed by atoms with Crippen LogP contribution in [0.4, 0.5) is 5.69 Å². The first-order valence-electron chi connectivity index (χ1n) is 6.64. The molecular weight excluding hydrogens is 262 g/mol. The lowest BCUT2D eigenvalue weighted by atomic mass is 10.1. The van der Waals surface area contributed by atoms with E-state index in [4.69, 9.17) is 10.5 Å².